The normalized spacial score (nSPS) is 32.4. The molecule has 1 spiro atoms. The Morgan fingerprint density at radius 3 is 2.44 bits per heavy atom. The van der Waals surface area contributed by atoms with Crippen molar-refractivity contribution in [1.29, 1.82) is 0 Å². The maximum absolute atomic E-state index is 14.3. The number of aliphatic hydroxyl groups is 1. The lowest BCUT2D eigenvalue weighted by Crippen LogP contribution is -2.56. The molecule has 0 saturated carbocycles. The highest BCUT2D eigenvalue weighted by Crippen LogP contribution is 2.71. The van der Waals surface area contributed by atoms with Crippen LogP contribution in [0.5, 0.6) is 0 Å². The average Bonchev–Trinajstić information content (AvgIpc) is 3.41. The molecule has 3 fully saturated rings. The number of hydrogen-bond donors (Lipinski definition) is 3. The van der Waals surface area contributed by atoms with Crippen LogP contribution in [0.15, 0.2) is 18.2 Å². The Labute approximate surface area is 219 Å². The van der Waals surface area contributed by atoms with Crippen molar-refractivity contribution in [2.75, 3.05) is 18.5 Å². The molecule has 198 valence electrons. The van der Waals surface area contributed by atoms with Gasteiger partial charge in [-0.25, -0.2) is 0 Å². The molecule has 1 aromatic rings. The zero-order valence-corrected chi connectivity index (χ0v) is 23.2. The summed E-state index contributed by atoms with van der Waals surface area (Å²) in [4.78, 5) is 43.5. The third-order valence-electron chi connectivity index (χ3n) is 8.87. The minimum atomic E-state index is -0.754. The van der Waals surface area contributed by atoms with Gasteiger partial charge in [0.25, 0.3) is 0 Å². The second-order valence-electron chi connectivity index (χ2n) is 11.2. The predicted octanol–water partition coefficient (Wildman–Crippen LogP) is 3.66. The maximum Gasteiger partial charge on any atom is 0.248 e. The molecular weight excluding hydrogens is 474 g/mol. The Kier molecular flexibility index (Phi) is 7.50. The molecular formula is C28H41N3O4S. The number of hydrogen-bond acceptors (Lipinski definition) is 5. The van der Waals surface area contributed by atoms with Gasteiger partial charge in [-0.1, -0.05) is 45.4 Å². The molecule has 8 heteroatoms. The number of fused-ring (bicyclic) bond motifs is 1. The Morgan fingerprint density at radius 1 is 1.19 bits per heavy atom. The van der Waals surface area contributed by atoms with E-state index in [1.165, 1.54) is 0 Å². The number of aryl methyl sites for hydroxylation is 2. The summed E-state index contributed by atoms with van der Waals surface area (Å²) in [5, 5.41) is 16.6. The van der Waals surface area contributed by atoms with E-state index in [4.69, 9.17) is 0 Å². The van der Waals surface area contributed by atoms with Crippen LogP contribution in [0.4, 0.5) is 5.69 Å². The van der Waals surface area contributed by atoms with Crippen LogP contribution in [0.25, 0.3) is 0 Å². The summed E-state index contributed by atoms with van der Waals surface area (Å²) < 4.78 is -1.09. The Balaban J connectivity index is 1.80. The fraction of sp³-hybridized carbons (Fsp3) is 0.679. The van der Waals surface area contributed by atoms with Gasteiger partial charge in [-0.3, -0.25) is 14.4 Å². The first-order valence-electron chi connectivity index (χ1n) is 13.3. The van der Waals surface area contributed by atoms with Crippen molar-refractivity contribution >= 4 is 35.2 Å². The minimum absolute atomic E-state index is 0.00910. The summed E-state index contributed by atoms with van der Waals surface area (Å²) in [5.74, 6) is -1.54. The molecule has 7 nitrogen and oxygen atoms in total. The van der Waals surface area contributed by atoms with Crippen LogP contribution in [-0.4, -0.2) is 62.5 Å². The van der Waals surface area contributed by atoms with Gasteiger partial charge < -0.3 is 20.6 Å². The largest absolute Gasteiger partial charge is 0.394 e. The number of nitrogens with zero attached hydrogens (tertiary/aromatic N) is 1. The number of carbonyl (C=O) groups is 3. The zero-order valence-electron chi connectivity index (χ0n) is 22.4. The van der Waals surface area contributed by atoms with E-state index in [2.05, 4.69) is 17.6 Å². The highest BCUT2D eigenvalue weighted by molar-refractivity contribution is 8.02. The number of likely N-dealkylation sites (tertiary alicyclic amines) is 1. The molecule has 7 atom stereocenters. The summed E-state index contributed by atoms with van der Waals surface area (Å²) >= 11 is 1.67. The second-order valence-corrected chi connectivity index (χ2v) is 13.1. The van der Waals surface area contributed by atoms with E-state index in [0.29, 0.717) is 13.0 Å². The molecule has 36 heavy (non-hydrogen) atoms. The van der Waals surface area contributed by atoms with E-state index >= 15 is 0 Å². The number of benzene rings is 1. The van der Waals surface area contributed by atoms with E-state index in [1.807, 2.05) is 52.8 Å². The first kappa shape index (κ1) is 27.0. The standard InChI is InChI=1S/C28H41N3O4S/c1-7-14-29-24(33)20-21-26(35)31(19(15-32)16(3)8-2)23(28(21)13-12-27(20,6)36-28)25(34)30-22-17(4)10-9-11-18(22)5/h9-11,16,19-21,23,32H,7-8,12-15H2,1-6H3,(H,29,33)(H,30,34)/t16-,19-,20-,21-,23?,27+,28?/m0/s1. The molecule has 3 heterocycles. The van der Waals surface area contributed by atoms with Crippen LogP contribution in [0.3, 0.4) is 0 Å². The van der Waals surface area contributed by atoms with Gasteiger partial charge in [0.1, 0.15) is 6.04 Å². The number of para-hydroxylation sites is 1. The summed E-state index contributed by atoms with van der Waals surface area (Å²) in [5.41, 5.74) is 2.68. The van der Waals surface area contributed by atoms with E-state index < -0.39 is 33.4 Å². The quantitative estimate of drug-likeness (QED) is 0.466. The number of anilines is 1. The maximum atomic E-state index is 14.3. The first-order chi connectivity index (χ1) is 17.1. The Bertz CT molecular complexity index is 1030. The molecule has 4 rings (SSSR count). The summed E-state index contributed by atoms with van der Waals surface area (Å²) in [6, 6.07) is 4.64. The highest BCUT2D eigenvalue weighted by atomic mass is 32.2. The van der Waals surface area contributed by atoms with Crippen LogP contribution in [0.1, 0.15) is 64.5 Å². The Hall–Kier alpha value is -2.06. The lowest BCUT2D eigenvalue weighted by atomic mass is 9.66. The molecule has 3 aliphatic heterocycles. The van der Waals surface area contributed by atoms with Crippen molar-refractivity contribution in [3.05, 3.63) is 29.3 Å². The molecule has 2 unspecified atom stereocenters. The smallest absolute Gasteiger partial charge is 0.248 e. The molecule has 0 radical (unpaired) electrons. The molecule has 3 saturated heterocycles. The minimum Gasteiger partial charge on any atom is -0.394 e. The fourth-order valence-corrected chi connectivity index (χ4v) is 9.14. The third kappa shape index (κ3) is 4.05. The fourth-order valence-electron chi connectivity index (χ4n) is 6.80. The average molecular weight is 516 g/mol. The van der Waals surface area contributed by atoms with Gasteiger partial charge in [0, 0.05) is 17.0 Å². The monoisotopic (exact) mass is 515 g/mol. The van der Waals surface area contributed by atoms with Crippen molar-refractivity contribution in [2.45, 2.75) is 88.8 Å². The third-order valence-corrected chi connectivity index (χ3v) is 10.9. The number of amides is 3. The number of nitrogens with one attached hydrogen (secondary N) is 2. The number of aliphatic hydroxyl groups excluding tert-OH is 1. The predicted molar refractivity (Wildman–Crippen MR) is 144 cm³/mol. The summed E-state index contributed by atoms with van der Waals surface area (Å²) in [7, 11) is 0. The van der Waals surface area contributed by atoms with Crippen LogP contribution in [0.2, 0.25) is 0 Å². The molecule has 3 amide bonds. The van der Waals surface area contributed by atoms with Gasteiger partial charge >= 0.3 is 0 Å². The van der Waals surface area contributed by atoms with Crippen LogP contribution >= 0.6 is 11.8 Å². The van der Waals surface area contributed by atoms with Crippen LogP contribution < -0.4 is 10.6 Å². The van der Waals surface area contributed by atoms with E-state index in [1.54, 1.807) is 16.7 Å². The lowest BCUT2D eigenvalue weighted by Gasteiger charge is -2.39. The number of rotatable bonds is 9. The zero-order chi connectivity index (χ0) is 26.4. The van der Waals surface area contributed by atoms with Gasteiger partial charge in [0.05, 0.1) is 29.2 Å². The van der Waals surface area contributed by atoms with Crippen molar-refractivity contribution in [3.8, 4) is 0 Å². The summed E-state index contributed by atoms with van der Waals surface area (Å²) in [6.45, 7) is 12.4. The number of thioether (sulfide) groups is 1. The summed E-state index contributed by atoms with van der Waals surface area (Å²) in [6.07, 6.45) is 3.06. The molecule has 3 aliphatic rings. The van der Waals surface area contributed by atoms with Gasteiger partial charge in [-0.05, 0) is 57.1 Å². The first-order valence-corrected chi connectivity index (χ1v) is 14.2. The van der Waals surface area contributed by atoms with Crippen molar-refractivity contribution in [1.82, 2.24) is 10.2 Å². The van der Waals surface area contributed by atoms with Crippen LogP contribution in [-0.2, 0) is 14.4 Å². The van der Waals surface area contributed by atoms with Gasteiger partial charge in [0.2, 0.25) is 17.7 Å². The molecule has 0 aliphatic carbocycles. The van der Waals surface area contributed by atoms with Crippen molar-refractivity contribution in [2.24, 2.45) is 17.8 Å². The number of carbonyl (C=O) groups excluding carboxylic acids is 3. The Morgan fingerprint density at radius 2 is 1.86 bits per heavy atom. The molecule has 1 aromatic carbocycles. The van der Waals surface area contributed by atoms with Gasteiger partial charge in [-0.2, -0.15) is 0 Å². The topological polar surface area (TPSA) is 98.7 Å². The molecule has 3 N–H and O–H groups in total. The van der Waals surface area contributed by atoms with E-state index in [-0.39, 0.29) is 30.2 Å². The highest BCUT2D eigenvalue weighted by Gasteiger charge is 2.77. The van der Waals surface area contributed by atoms with Gasteiger partial charge in [0.15, 0.2) is 0 Å². The van der Waals surface area contributed by atoms with Crippen LogP contribution in [0, 0.1) is 31.6 Å². The van der Waals surface area contributed by atoms with Crippen molar-refractivity contribution < 1.29 is 19.5 Å². The van der Waals surface area contributed by atoms with E-state index in [9.17, 15) is 19.5 Å². The molecule has 0 aromatic heterocycles. The van der Waals surface area contributed by atoms with Crippen molar-refractivity contribution in [3.63, 3.8) is 0 Å². The lowest BCUT2D eigenvalue weighted by molar-refractivity contribution is -0.143. The SMILES string of the molecule is CCCNC(=O)[C@@H]1[C@H]2C(=O)N([C@@H](CO)[C@@H](C)CC)C(C(=O)Nc3c(C)cccc3C)C23CC[C@@]1(C)S3. The second kappa shape index (κ2) is 10.0. The molecule has 2 bridgehead atoms. The van der Waals surface area contributed by atoms with Gasteiger partial charge in [-0.15, -0.1) is 11.8 Å². The van der Waals surface area contributed by atoms with E-state index in [0.717, 1.165) is 36.1 Å².